The molecule has 9 heteroatoms. The van der Waals surface area contributed by atoms with Gasteiger partial charge in [0.05, 0.1) is 34.6 Å². The van der Waals surface area contributed by atoms with E-state index in [2.05, 4.69) is 26.9 Å². The Labute approximate surface area is 183 Å². The fourth-order valence-corrected chi connectivity index (χ4v) is 3.77. The van der Waals surface area contributed by atoms with Crippen LogP contribution in [0.15, 0.2) is 43.0 Å². The molecule has 32 heavy (non-hydrogen) atoms. The van der Waals surface area contributed by atoms with E-state index in [1.54, 1.807) is 30.1 Å². The molecule has 1 aliphatic rings. The van der Waals surface area contributed by atoms with E-state index < -0.39 is 11.7 Å². The predicted molar refractivity (Wildman–Crippen MR) is 115 cm³/mol. The standard InChI is InChI=1S/C17H12F3N5.C6H12O/c1-25-15(7-11-4-5-21-9-23-11)24-14-8-22-13-3-2-10(17(18,19)20)6-12(13)16(14)25;1-6-4-2-3-5-7-6/h2-6,8-9H,7H2,1H3;6H,2-5H2,1H3/t;6-/m.1/s1. The molecule has 0 unspecified atom stereocenters. The van der Waals surface area contributed by atoms with Gasteiger partial charge in [0.1, 0.15) is 17.7 Å². The summed E-state index contributed by atoms with van der Waals surface area (Å²) >= 11 is 0. The second kappa shape index (κ2) is 9.20. The molecular weight excluding hydrogens is 419 g/mol. The van der Waals surface area contributed by atoms with E-state index in [0.717, 1.165) is 24.4 Å². The number of hydrogen-bond donors (Lipinski definition) is 0. The predicted octanol–water partition coefficient (Wildman–Crippen LogP) is 5.10. The molecule has 5 rings (SSSR count). The minimum absolute atomic E-state index is 0.427. The molecule has 0 N–H and O–H groups in total. The van der Waals surface area contributed by atoms with Crippen LogP contribution < -0.4 is 0 Å². The number of pyridine rings is 1. The smallest absolute Gasteiger partial charge is 0.379 e. The quantitative estimate of drug-likeness (QED) is 0.431. The summed E-state index contributed by atoms with van der Waals surface area (Å²) in [5.74, 6) is 0.695. The first kappa shape index (κ1) is 22.1. The Morgan fingerprint density at radius 3 is 2.59 bits per heavy atom. The molecule has 0 bridgehead atoms. The lowest BCUT2D eigenvalue weighted by atomic mass is 10.1. The second-order valence-electron chi connectivity index (χ2n) is 7.86. The van der Waals surface area contributed by atoms with Gasteiger partial charge < -0.3 is 9.30 Å². The molecule has 0 amide bonds. The Morgan fingerprint density at radius 1 is 1.12 bits per heavy atom. The van der Waals surface area contributed by atoms with Gasteiger partial charge in [-0.15, -0.1) is 0 Å². The van der Waals surface area contributed by atoms with Crippen LogP contribution in [0.5, 0.6) is 0 Å². The van der Waals surface area contributed by atoms with E-state index >= 15 is 0 Å². The fraction of sp³-hybridized carbons (Fsp3) is 0.391. The Hall–Kier alpha value is -3.07. The van der Waals surface area contributed by atoms with Gasteiger partial charge >= 0.3 is 6.18 Å². The molecule has 0 aliphatic carbocycles. The van der Waals surface area contributed by atoms with E-state index in [-0.39, 0.29) is 0 Å². The van der Waals surface area contributed by atoms with E-state index in [9.17, 15) is 13.2 Å². The number of aromatic nitrogens is 5. The van der Waals surface area contributed by atoms with Crippen LogP contribution in [0.3, 0.4) is 0 Å². The van der Waals surface area contributed by atoms with Crippen molar-refractivity contribution in [3.8, 4) is 0 Å². The third-order valence-electron chi connectivity index (χ3n) is 5.51. The van der Waals surface area contributed by atoms with Crippen molar-refractivity contribution in [1.29, 1.82) is 0 Å². The highest BCUT2D eigenvalue weighted by Crippen LogP contribution is 2.33. The van der Waals surface area contributed by atoms with E-state index in [1.165, 1.54) is 31.7 Å². The first-order valence-corrected chi connectivity index (χ1v) is 10.5. The van der Waals surface area contributed by atoms with Crippen LogP contribution in [-0.4, -0.2) is 37.2 Å². The highest BCUT2D eigenvalue weighted by molar-refractivity contribution is 6.02. The van der Waals surface area contributed by atoms with Crippen molar-refractivity contribution in [3.63, 3.8) is 0 Å². The van der Waals surface area contributed by atoms with Crippen molar-refractivity contribution in [2.24, 2.45) is 7.05 Å². The first-order valence-electron chi connectivity index (χ1n) is 10.5. The first-order chi connectivity index (χ1) is 15.3. The lowest BCUT2D eigenvalue weighted by Crippen LogP contribution is -2.14. The van der Waals surface area contributed by atoms with Crippen molar-refractivity contribution in [1.82, 2.24) is 24.5 Å². The van der Waals surface area contributed by atoms with Gasteiger partial charge in [-0.1, -0.05) is 0 Å². The zero-order valence-corrected chi connectivity index (χ0v) is 17.9. The maximum Gasteiger partial charge on any atom is 0.416 e. The van der Waals surface area contributed by atoms with Crippen molar-refractivity contribution in [2.75, 3.05) is 6.61 Å². The van der Waals surface area contributed by atoms with Gasteiger partial charge in [-0.05, 0) is 50.5 Å². The van der Waals surface area contributed by atoms with Gasteiger partial charge in [0.15, 0.2) is 0 Å². The molecular formula is C23H24F3N5O. The van der Waals surface area contributed by atoms with Crippen LogP contribution in [0.4, 0.5) is 13.2 Å². The highest BCUT2D eigenvalue weighted by Gasteiger charge is 2.31. The summed E-state index contributed by atoms with van der Waals surface area (Å²) in [7, 11) is 1.78. The number of alkyl halides is 3. The van der Waals surface area contributed by atoms with E-state index in [1.807, 2.05) is 0 Å². The number of ether oxygens (including phenoxy) is 1. The van der Waals surface area contributed by atoms with Crippen molar-refractivity contribution < 1.29 is 17.9 Å². The van der Waals surface area contributed by atoms with Gasteiger partial charge in [-0.25, -0.2) is 15.0 Å². The van der Waals surface area contributed by atoms with Gasteiger partial charge in [0.25, 0.3) is 0 Å². The SMILES string of the molecule is C[C@@H]1CCCCO1.Cn1c(Cc2ccncn2)nc2cnc3ccc(C(F)(F)F)cc3c21. The maximum absolute atomic E-state index is 13.1. The number of fused-ring (bicyclic) bond motifs is 3. The molecule has 1 fully saturated rings. The Morgan fingerprint density at radius 2 is 1.97 bits per heavy atom. The third-order valence-corrected chi connectivity index (χ3v) is 5.51. The summed E-state index contributed by atoms with van der Waals surface area (Å²) in [6.07, 6.45) is 5.14. The second-order valence-corrected chi connectivity index (χ2v) is 7.86. The van der Waals surface area contributed by atoms with Crippen LogP contribution in [-0.2, 0) is 24.4 Å². The van der Waals surface area contributed by atoms with Crippen LogP contribution >= 0.6 is 0 Å². The molecule has 168 valence electrons. The van der Waals surface area contributed by atoms with Crippen molar-refractivity contribution in [2.45, 2.75) is 44.9 Å². The van der Waals surface area contributed by atoms with Crippen LogP contribution in [0.25, 0.3) is 21.9 Å². The van der Waals surface area contributed by atoms with Gasteiger partial charge in [-0.3, -0.25) is 4.98 Å². The van der Waals surface area contributed by atoms with Crippen molar-refractivity contribution in [3.05, 3.63) is 60.1 Å². The molecule has 4 heterocycles. The Kier molecular flexibility index (Phi) is 6.36. The molecule has 1 aromatic carbocycles. The zero-order valence-electron chi connectivity index (χ0n) is 17.9. The fourth-order valence-electron chi connectivity index (χ4n) is 3.77. The molecule has 1 atom stereocenters. The minimum Gasteiger partial charge on any atom is -0.379 e. The summed E-state index contributed by atoms with van der Waals surface area (Å²) in [5, 5.41) is 0.427. The Bertz CT molecular complexity index is 1200. The molecule has 0 spiro atoms. The topological polar surface area (TPSA) is 65.7 Å². The summed E-state index contributed by atoms with van der Waals surface area (Å²) < 4.78 is 46.2. The number of benzene rings is 1. The average molecular weight is 443 g/mol. The molecule has 4 aromatic rings. The van der Waals surface area contributed by atoms with Gasteiger partial charge in [-0.2, -0.15) is 13.2 Å². The monoisotopic (exact) mass is 443 g/mol. The molecule has 0 radical (unpaired) electrons. The summed E-state index contributed by atoms with van der Waals surface area (Å²) in [5.41, 5.74) is 1.75. The molecule has 3 aromatic heterocycles. The maximum atomic E-state index is 13.1. The van der Waals surface area contributed by atoms with Crippen LogP contribution in [0.2, 0.25) is 0 Å². The summed E-state index contributed by atoms with van der Waals surface area (Å²) in [6.45, 7) is 3.13. The highest BCUT2D eigenvalue weighted by atomic mass is 19.4. The lowest BCUT2D eigenvalue weighted by Gasteiger charge is -2.17. The van der Waals surface area contributed by atoms with Gasteiger partial charge in [0.2, 0.25) is 0 Å². The number of hydrogen-bond acceptors (Lipinski definition) is 5. The zero-order chi connectivity index (χ0) is 22.7. The van der Waals surface area contributed by atoms with E-state index in [4.69, 9.17) is 4.74 Å². The largest absolute Gasteiger partial charge is 0.416 e. The molecule has 1 saturated heterocycles. The summed E-state index contributed by atoms with van der Waals surface area (Å²) in [6, 6.07) is 5.33. The van der Waals surface area contributed by atoms with Crippen LogP contribution in [0, 0.1) is 0 Å². The molecule has 6 nitrogen and oxygen atoms in total. The van der Waals surface area contributed by atoms with Crippen LogP contribution in [0.1, 0.15) is 43.3 Å². The van der Waals surface area contributed by atoms with Crippen molar-refractivity contribution >= 4 is 21.9 Å². The average Bonchev–Trinajstić information content (AvgIpc) is 3.10. The third kappa shape index (κ3) is 4.88. The molecule has 0 saturated carbocycles. The van der Waals surface area contributed by atoms with Gasteiger partial charge in [0, 0.05) is 31.7 Å². The Balaban J connectivity index is 0.000000300. The molecule has 1 aliphatic heterocycles. The minimum atomic E-state index is -4.40. The number of nitrogens with zero attached hydrogens (tertiary/aromatic N) is 5. The number of aryl methyl sites for hydroxylation is 1. The lowest BCUT2D eigenvalue weighted by molar-refractivity contribution is -0.137. The van der Waals surface area contributed by atoms with E-state index in [0.29, 0.717) is 40.3 Å². The number of halogens is 3. The normalized spacial score (nSPS) is 16.7. The number of imidazole rings is 1. The summed E-state index contributed by atoms with van der Waals surface area (Å²) in [4.78, 5) is 16.8. The number of rotatable bonds is 2.